The lowest BCUT2D eigenvalue weighted by Crippen LogP contribution is -2.39. The summed E-state index contributed by atoms with van der Waals surface area (Å²) in [5, 5.41) is 0.792. The Morgan fingerprint density at radius 1 is 1.03 bits per heavy atom. The molecule has 0 spiro atoms. The number of nitrogens with zero attached hydrogens (tertiary/aromatic N) is 1. The van der Waals surface area contributed by atoms with Crippen LogP contribution in [0, 0.1) is 0 Å². The predicted octanol–water partition coefficient (Wildman–Crippen LogP) is 4.17. The largest absolute Gasteiger partial charge is 0.450 e. The summed E-state index contributed by atoms with van der Waals surface area (Å²) in [6.45, 7) is 4.17. The lowest BCUT2D eigenvalue weighted by atomic mass is 10.1. The van der Waals surface area contributed by atoms with Gasteiger partial charge in [0.25, 0.3) is 5.91 Å². The molecule has 0 atom stereocenters. The molecule has 1 aromatic heterocycles. The van der Waals surface area contributed by atoms with Gasteiger partial charge in [-0.25, -0.2) is 4.79 Å². The van der Waals surface area contributed by atoms with Crippen molar-refractivity contribution in [1.29, 1.82) is 0 Å². The Kier molecular flexibility index (Phi) is 6.67. The van der Waals surface area contributed by atoms with Gasteiger partial charge in [-0.05, 0) is 25.5 Å². The van der Waals surface area contributed by atoms with Crippen molar-refractivity contribution in [2.24, 2.45) is 0 Å². The molecule has 0 aliphatic rings. The molecule has 0 radical (unpaired) electrons. The number of hydrogen-bond acceptors (Lipinski definition) is 5. The molecule has 152 valence electrons. The SMILES string of the molecule is COCc1c(C(=O)OCC(=O)N(Cc2ccccc2)C(C)C)oc2ccccc12. The molecule has 6 nitrogen and oxygen atoms in total. The molecule has 3 rings (SSSR count). The highest BCUT2D eigenvalue weighted by Crippen LogP contribution is 2.27. The van der Waals surface area contributed by atoms with E-state index >= 15 is 0 Å². The normalized spacial score (nSPS) is 11.0. The maximum Gasteiger partial charge on any atom is 0.375 e. The minimum atomic E-state index is -0.676. The lowest BCUT2D eigenvalue weighted by Gasteiger charge is -2.26. The Morgan fingerprint density at radius 3 is 2.41 bits per heavy atom. The molecule has 0 saturated carbocycles. The fourth-order valence-corrected chi connectivity index (χ4v) is 3.17. The van der Waals surface area contributed by atoms with E-state index in [1.807, 2.05) is 62.4 Å². The fourth-order valence-electron chi connectivity index (χ4n) is 3.17. The molecule has 0 unspecified atom stereocenters. The first kappa shape index (κ1) is 20.6. The van der Waals surface area contributed by atoms with E-state index in [2.05, 4.69) is 0 Å². The van der Waals surface area contributed by atoms with Gasteiger partial charge in [-0.15, -0.1) is 0 Å². The third-order valence-corrected chi connectivity index (χ3v) is 4.64. The molecule has 2 aromatic carbocycles. The first-order chi connectivity index (χ1) is 14.0. The van der Waals surface area contributed by atoms with Gasteiger partial charge >= 0.3 is 5.97 Å². The maximum absolute atomic E-state index is 12.7. The molecular formula is C23H25NO5. The summed E-state index contributed by atoms with van der Waals surface area (Å²) in [4.78, 5) is 27.0. The number of furan rings is 1. The zero-order valence-electron chi connectivity index (χ0n) is 16.9. The molecule has 0 aliphatic carbocycles. The van der Waals surface area contributed by atoms with Crippen LogP contribution in [0.3, 0.4) is 0 Å². The van der Waals surface area contributed by atoms with E-state index in [1.54, 1.807) is 18.1 Å². The van der Waals surface area contributed by atoms with Crippen LogP contribution in [0.1, 0.15) is 35.5 Å². The Hall–Kier alpha value is -3.12. The van der Waals surface area contributed by atoms with Crippen molar-refractivity contribution in [3.63, 3.8) is 0 Å². The highest BCUT2D eigenvalue weighted by atomic mass is 16.5. The molecular weight excluding hydrogens is 370 g/mol. The number of fused-ring (bicyclic) bond motifs is 1. The Bertz CT molecular complexity index is 977. The Balaban J connectivity index is 1.71. The quantitative estimate of drug-likeness (QED) is 0.536. The summed E-state index contributed by atoms with van der Waals surface area (Å²) >= 11 is 0. The zero-order chi connectivity index (χ0) is 20.8. The zero-order valence-corrected chi connectivity index (χ0v) is 16.9. The number of methoxy groups -OCH3 is 1. The molecule has 0 bridgehead atoms. The van der Waals surface area contributed by atoms with Gasteiger partial charge in [-0.1, -0.05) is 48.5 Å². The van der Waals surface area contributed by atoms with Gasteiger partial charge in [0.1, 0.15) is 5.58 Å². The minimum Gasteiger partial charge on any atom is -0.450 e. The van der Waals surface area contributed by atoms with Crippen molar-refractivity contribution in [2.75, 3.05) is 13.7 Å². The number of carbonyl (C=O) groups excluding carboxylic acids is 2. The van der Waals surface area contributed by atoms with Crippen molar-refractivity contribution in [2.45, 2.75) is 33.0 Å². The summed E-state index contributed by atoms with van der Waals surface area (Å²) < 4.78 is 16.2. The van der Waals surface area contributed by atoms with E-state index in [9.17, 15) is 9.59 Å². The smallest absolute Gasteiger partial charge is 0.375 e. The van der Waals surface area contributed by atoms with Gasteiger partial charge in [0.05, 0.1) is 6.61 Å². The van der Waals surface area contributed by atoms with E-state index in [1.165, 1.54) is 0 Å². The van der Waals surface area contributed by atoms with Crippen LogP contribution >= 0.6 is 0 Å². The van der Waals surface area contributed by atoms with Crippen LogP contribution in [-0.4, -0.2) is 36.5 Å². The lowest BCUT2D eigenvalue weighted by molar-refractivity contribution is -0.137. The highest BCUT2D eigenvalue weighted by molar-refractivity contribution is 5.96. The second-order valence-electron chi connectivity index (χ2n) is 7.02. The average Bonchev–Trinajstić information content (AvgIpc) is 3.09. The highest BCUT2D eigenvalue weighted by Gasteiger charge is 2.24. The first-order valence-electron chi connectivity index (χ1n) is 9.51. The van der Waals surface area contributed by atoms with Crippen molar-refractivity contribution < 1.29 is 23.5 Å². The van der Waals surface area contributed by atoms with Crippen LogP contribution in [0.15, 0.2) is 59.0 Å². The van der Waals surface area contributed by atoms with Crippen LogP contribution in [-0.2, 0) is 27.4 Å². The Labute approximate surface area is 170 Å². The monoisotopic (exact) mass is 395 g/mol. The van der Waals surface area contributed by atoms with Crippen LogP contribution < -0.4 is 0 Å². The summed E-state index contributed by atoms with van der Waals surface area (Å²) in [5.41, 5.74) is 2.21. The van der Waals surface area contributed by atoms with Crippen molar-refractivity contribution >= 4 is 22.8 Å². The number of rotatable bonds is 8. The van der Waals surface area contributed by atoms with E-state index < -0.39 is 5.97 Å². The van der Waals surface area contributed by atoms with Crippen molar-refractivity contribution in [3.05, 3.63) is 71.5 Å². The van der Waals surface area contributed by atoms with Gasteiger partial charge < -0.3 is 18.8 Å². The minimum absolute atomic E-state index is 0.0309. The molecule has 6 heteroatoms. The molecule has 0 aliphatic heterocycles. The third kappa shape index (κ3) is 4.84. The van der Waals surface area contributed by atoms with Gasteiger partial charge in [0.2, 0.25) is 5.76 Å². The van der Waals surface area contributed by atoms with Crippen molar-refractivity contribution in [1.82, 2.24) is 4.90 Å². The molecule has 0 N–H and O–H groups in total. The summed E-state index contributed by atoms with van der Waals surface area (Å²) in [5.74, 6) is -0.869. The van der Waals surface area contributed by atoms with Gasteiger partial charge in [-0.2, -0.15) is 0 Å². The standard InChI is InChI=1S/C23H25NO5/c1-16(2)24(13-17-9-5-4-6-10-17)21(25)15-28-23(26)22-19(14-27-3)18-11-7-8-12-20(18)29-22/h4-12,16H,13-15H2,1-3H3. The van der Waals surface area contributed by atoms with E-state index in [0.29, 0.717) is 17.7 Å². The van der Waals surface area contributed by atoms with Crippen LogP contribution in [0.2, 0.25) is 0 Å². The number of hydrogen-bond donors (Lipinski definition) is 0. The molecule has 0 saturated heterocycles. The fraction of sp³-hybridized carbons (Fsp3) is 0.304. The van der Waals surface area contributed by atoms with Gasteiger partial charge in [0, 0.05) is 30.6 Å². The number of benzene rings is 2. The van der Waals surface area contributed by atoms with Crippen LogP contribution in [0.25, 0.3) is 11.0 Å². The molecule has 0 fully saturated rings. The number of ether oxygens (including phenoxy) is 2. The first-order valence-corrected chi connectivity index (χ1v) is 9.51. The molecule has 29 heavy (non-hydrogen) atoms. The maximum atomic E-state index is 12.7. The van der Waals surface area contributed by atoms with E-state index in [4.69, 9.17) is 13.9 Å². The molecule has 1 heterocycles. The van der Waals surface area contributed by atoms with Gasteiger partial charge in [0.15, 0.2) is 6.61 Å². The number of carbonyl (C=O) groups is 2. The molecule has 1 amide bonds. The molecule has 3 aromatic rings. The predicted molar refractivity (Wildman–Crippen MR) is 109 cm³/mol. The van der Waals surface area contributed by atoms with E-state index in [0.717, 1.165) is 10.9 Å². The van der Waals surface area contributed by atoms with E-state index in [-0.39, 0.29) is 30.9 Å². The number of esters is 1. The Morgan fingerprint density at radius 2 is 1.72 bits per heavy atom. The average molecular weight is 395 g/mol. The summed E-state index contributed by atoms with van der Waals surface area (Å²) in [7, 11) is 1.55. The third-order valence-electron chi connectivity index (χ3n) is 4.64. The van der Waals surface area contributed by atoms with Crippen molar-refractivity contribution in [3.8, 4) is 0 Å². The second-order valence-corrected chi connectivity index (χ2v) is 7.02. The van der Waals surface area contributed by atoms with Crippen LogP contribution in [0.4, 0.5) is 0 Å². The summed E-state index contributed by atoms with van der Waals surface area (Å²) in [6.07, 6.45) is 0. The number of amides is 1. The topological polar surface area (TPSA) is 69.0 Å². The second kappa shape index (κ2) is 9.39. The van der Waals surface area contributed by atoms with Gasteiger partial charge in [-0.3, -0.25) is 4.79 Å². The summed E-state index contributed by atoms with van der Waals surface area (Å²) in [6, 6.07) is 17.0. The number of para-hydroxylation sites is 1. The van der Waals surface area contributed by atoms with Crippen LogP contribution in [0.5, 0.6) is 0 Å².